The van der Waals surface area contributed by atoms with E-state index in [4.69, 9.17) is 17.2 Å². The van der Waals surface area contributed by atoms with Crippen LogP contribution in [0.15, 0.2) is 52.4 Å². The highest BCUT2D eigenvalue weighted by Gasteiger charge is 2.25. The van der Waals surface area contributed by atoms with Crippen LogP contribution in [0.3, 0.4) is 0 Å². The van der Waals surface area contributed by atoms with Gasteiger partial charge < -0.3 is 17.2 Å². The van der Waals surface area contributed by atoms with Gasteiger partial charge in [-0.05, 0) is 24.3 Å². The minimum absolute atomic E-state index is 0.0630. The second kappa shape index (κ2) is 7.95. The lowest BCUT2D eigenvalue weighted by atomic mass is 10.1. The molecule has 0 saturated carbocycles. The fourth-order valence-electron chi connectivity index (χ4n) is 2.44. The highest BCUT2D eigenvalue weighted by Crippen LogP contribution is 2.23. The van der Waals surface area contributed by atoms with Crippen LogP contribution in [-0.2, 0) is 14.8 Å². The second-order valence-corrected chi connectivity index (χ2v) is 7.18. The summed E-state index contributed by atoms with van der Waals surface area (Å²) in [6.45, 7) is 0.280. The summed E-state index contributed by atoms with van der Waals surface area (Å²) in [5.41, 5.74) is 15.8. The van der Waals surface area contributed by atoms with Crippen molar-refractivity contribution in [1.82, 2.24) is 4.72 Å². The van der Waals surface area contributed by atoms with Gasteiger partial charge in [0.1, 0.15) is 6.04 Å². The molecule has 0 radical (unpaired) electrons. The van der Waals surface area contributed by atoms with E-state index in [1.807, 2.05) is 18.2 Å². The fraction of sp³-hybridized carbons (Fsp3) is 0.250. The summed E-state index contributed by atoms with van der Waals surface area (Å²) in [5, 5.41) is 1.36. The Labute approximate surface area is 146 Å². The van der Waals surface area contributed by atoms with Crippen molar-refractivity contribution in [2.24, 2.45) is 22.2 Å². The first kappa shape index (κ1) is 18.7. The Kier molecular flexibility index (Phi) is 5.94. The van der Waals surface area contributed by atoms with E-state index in [0.29, 0.717) is 11.8 Å². The summed E-state index contributed by atoms with van der Waals surface area (Å²) in [5.74, 6) is -0.819. The van der Waals surface area contributed by atoms with E-state index in [9.17, 15) is 13.2 Å². The van der Waals surface area contributed by atoms with E-state index in [2.05, 4.69) is 9.71 Å². The lowest BCUT2D eigenvalue weighted by molar-refractivity contribution is -0.119. The molecule has 0 aromatic heterocycles. The Morgan fingerprint density at radius 2 is 1.76 bits per heavy atom. The topological polar surface area (TPSA) is 154 Å². The Balaban J connectivity index is 2.22. The number of hydrogen-bond donors (Lipinski definition) is 4. The highest BCUT2D eigenvalue weighted by molar-refractivity contribution is 7.89. The maximum atomic E-state index is 12.7. The van der Waals surface area contributed by atoms with E-state index < -0.39 is 22.0 Å². The Morgan fingerprint density at radius 3 is 2.44 bits per heavy atom. The van der Waals surface area contributed by atoms with Crippen LogP contribution in [-0.4, -0.2) is 32.9 Å². The molecule has 0 aliphatic heterocycles. The van der Waals surface area contributed by atoms with E-state index in [0.717, 1.165) is 5.39 Å². The van der Waals surface area contributed by atoms with Crippen molar-refractivity contribution < 1.29 is 13.2 Å². The van der Waals surface area contributed by atoms with Crippen LogP contribution < -0.4 is 21.9 Å². The lowest BCUT2D eigenvalue weighted by Crippen LogP contribution is -2.44. The first-order valence-corrected chi connectivity index (χ1v) is 9.14. The van der Waals surface area contributed by atoms with Crippen molar-refractivity contribution in [2.45, 2.75) is 23.8 Å². The van der Waals surface area contributed by atoms with Gasteiger partial charge in [0.2, 0.25) is 15.9 Å². The van der Waals surface area contributed by atoms with Crippen LogP contribution >= 0.6 is 0 Å². The number of carbonyl (C=O) groups excluding carboxylic acids is 1. The highest BCUT2D eigenvalue weighted by atomic mass is 32.2. The summed E-state index contributed by atoms with van der Waals surface area (Å²) in [6.07, 6.45) is 0.597. The van der Waals surface area contributed by atoms with Crippen LogP contribution in [0.1, 0.15) is 12.8 Å². The van der Waals surface area contributed by atoms with Crippen molar-refractivity contribution in [3.05, 3.63) is 42.5 Å². The Bertz CT molecular complexity index is 886. The molecule has 2 aromatic rings. The molecule has 25 heavy (non-hydrogen) atoms. The molecule has 1 atom stereocenters. The molecule has 9 heteroatoms. The summed E-state index contributed by atoms with van der Waals surface area (Å²) in [4.78, 5) is 15.5. The zero-order chi connectivity index (χ0) is 18.4. The number of fused-ring (bicyclic) bond motifs is 1. The average Bonchev–Trinajstić information content (AvgIpc) is 2.56. The molecule has 2 rings (SSSR count). The van der Waals surface area contributed by atoms with Crippen molar-refractivity contribution in [1.29, 1.82) is 0 Å². The van der Waals surface area contributed by atoms with Crippen molar-refractivity contribution in [3.8, 4) is 0 Å². The smallest absolute Gasteiger partial charge is 0.241 e. The average molecular weight is 363 g/mol. The van der Waals surface area contributed by atoms with Crippen LogP contribution in [0, 0.1) is 0 Å². The fourth-order valence-corrected chi connectivity index (χ4v) is 3.91. The van der Waals surface area contributed by atoms with Gasteiger partial charge >= 0.3 is 0 Å². The number of carbonyl (C=O) groups is 1. The number of benzene rings is 2. The van der Waals surface area contributed by atoms with Crippen molar-refractivity contribution >= 4 is 32.7 Å². The number of primary amides is 1. The largest absolute Gasteiger partial charge is 0.370 e. The molecular formula is C16H21N5O3S. The number of hydrogen-bond acceptors (Lipinski definition) is 4. The SMILES string of the molecule is NC(=O)C(CCCN=C(N)N)NS(=O)(=O)c1cccc2ccccc12. The minimum Gasteiger partial charge on any atom is -0.370 e. The molecule has 7 N–H and O–H groups in total. The first-order chi connectivity index (χ1) is 11.8. The third-order valence-corrected chi connectivity index (χ3v) is 5.16. The first-order valence-electron chi connectivity index (χ1n) is 7.66. The minimum atomic E-state index is -3.92. The number of nitrogens with one attached hydrogen (secondary N) is 1. The third kappa shape index (κ3) is 4.91. The Hall–Kier alpha value is -2.65. The molecule has 0 heterocycles. The lowest BCUT2D eigenvalue weighted by Gasteiger charge is -2.16. The zero-order valence-corrected chi connectivity index (χ0v) is 14.4. The number of guanidine groups is 1. The monoisotopic (exact) mass is 363 g/mol. The van der Waals surface area contributed by atoms with Gasteiger partial charge in [-0.15, -0.1) is 0 Å². The van der Waals surface area contributed by atoms with Crippen molar-refractivity contribution in [3.63, 3.8) is 0 Å². The maximum Gasteiger partial charge on any atom is 0.241 e. The molecular weight excluding hydrogens is 342 g/mol. The van der Waals surface area contributed by atoms with E-state index in [1.165, 1.54) is 6.07 Å². The molecule has 0 saturated heterocycles. The normalized spacial score (nSPS) is 12.6. The van der Waals surface area contributed by atoms with Crippen LogP contribution in [0.25, 0.3) is 10.8 Å². The van der Waals surface area contributed by atoms with Gasteiger partial charge in [-0.1, -0.05) is 36.4 Å². The van der Waals surface area contributed by atoms with Gasteiger partial charge in [0.05, 0.1) is 4.90 Å². The number of nitrogens with zero attached hydrogens (tertiary/aromatic N) is 1. The van der Waals surface area contributed by atoms with E-state index in [1.54, 1.807) is 18.2 Å². The molecule has 134 valence electrons. The van der Waals surface area contributed by atoms with Gasteiger partial charge in [-0.25, -0.2) is 8.42 Å². The summed E-state index contributed by atoms with van der Waals surface area (Å²) in [7, 11) is -3.92. The Morgan fingerprint density at radius 1 is 1.08 bits per heavy atom. The quantitative estimate of drug-likeness (QED) is 0.296. The number of aliphatic imine (C=N–C) groups is 1. The summed E-state index contributed by atoms with van der Waals surface area (Å²) >= 11 is 0. The molecule has 1 amide bonds. The standard InChI is InChI=1S/C16H21N5O3S/c17-15(22)13(8-4-10-20-16(18)19)21-25(23,24)14-9-3-6-11-5-1-2-7-12(11)14/h1-3,5-7,9,13,21H,4,8,10H2,(H2,17,22)(H4,18,19,20). The molecule has 0 aliphatic rings. The van der Waals surface area contributed by atoms with Gasteiger partial charge in [0.15, 0.2) is 5.96 Å². The van der Waals surface area contributed by atoms with Crippen LogP contribution in [0.2, 0.25) is 0 Å². The summed E-state index contributed by atoms with van der Waals surface area (Å²) < 4.78 is 27.8. The van der Waals surface area contributed by atoms with E-state index >= 15 is 0 Å². The predicted octanol–water partition coefficient (Wildman–Crippen LogP) is 0.0256. The molecule has 0 aliphatic carbocycles. The number of nitrogens with two attached hydrogens (primary N) is 3. The van der Waals surface area contributed by atoms with Gasteiger partial charge in [0.25, 0.3) is 0 Å². The summed E-state index contributed by atoms with van der Waals surface area (Å²) in [6, 6.07) is 11.0. The molecule has 0 bridgehead atoms. The van der Waals surface area contributed by atoms with Crippen LogP contribution in [0.4, 0.5) is 0 Å². The van der Waals surface area contributed by atoms with Gasteiger partial charge in [0, 0.05) is 11.9 Å². The molecule has 8 nitrogen and oxygen atoms in total. The van der Waals surface area contributed by atoms with E-state index in [-0.39, 0.29) is 23.8 Å². The molecule has 1 unspecified atom stereocenters. The molecule has 0 spiro atoms. The van der Waals surface area contributed by atoms with Crippen LogP contribution in [0.5, 0.6) is 0 Å². The predicted molar refractivity (Wildman–Crippen MR) is 97.2 cm³/mol. The zero-order valence-electron chi connectivity index (χ0n) is 13.6. The van der Waals surface area contributed by atoms with Gasteiger partial charge in [-0.3, -0.25) is 9.79 Å². The van der Waals surface area contributed by atoms with Gasteiger partial charge in [-0.2, -0.15) is 4.72 Å². The molecule has 0 fully saturated rings. The second-order valence-electron chi connectivity index (χ2n) is 5.50. The number of sulfonamides is 1. The number of amides is 1. The van der Waals surface area contributed by atoms with Crippen molar-refractivity contribution in [2.75, 3.05) is 6.54 Å². The maximum absolute atomic E-state index is 12.7. The third-order valence-electron chi connectivity index (χ3n) is 3.63. The molecule has 2 aromatic carbocycles. The number of rotatable bonds is 8.